The van der Waals surface area contributed by atoms with E-state index in [9.17, 15) is 9.59 Å². The van der Waals surface area contributed by atoms with Gasteiger partial charge >= 0.3 is 6.03 Å². The third kappa shape index (κ3) is 4.28. The molecule has 0 unspecified atom stereocenters. The van der Waals surface area contributed by atoms with Gasteiger partial charge in [-0.25, -0.2) is 4.79 Å². The van der Waals surface area contributed by atoms with Gasteiger partial charge < -0.3 is 16.0 Å². The van der Waals surface area contributed by atoms with E-state index >= 15 is 0 Å². The van der Waals surface area contributed by atoms with Crippen molar-refractivity contribution in [3.05, 3.63) is 54.1 Å². The summed E-state index contributed by atoms with van der Waals surface area (Å²) in [4.78, 5) is 23.2. The second-order valence-electron chi connectivity index (χ2n) is 4.33. The molecule has 2 rings (SSSR count). The quantitative estimate of drug-likeness (QED) is 0.715. The van der Waals surface area contributed by atoms with Gasteiger partial charge in [-0.3, -0.25) is 4.79 Å². The molecule has 1 aliphatic carbocycles. The molecule has 0 radical (unpaired) electrons. The van der Waals surface area contributed by atoms with Crippen molar-refractivity contribution < 1.29 is 9.59 Å². The summed E-state index contributed by atoms with van der Waals surface area (Å²) in [6.07, 6.45) is 6.26. The lowest BCUT2D eigenvalue weighted by Gasteiger charge is -2.08. The lowest BCUT2D eigenvalue weighted by Crippen LogP contribution is -2.37. The molecule has 3 N–H and O–H groups in total. The molecule has 3 amide bonds. The van der Waals surface area contributed by atoms with Gasteiger partial charge in [-0.05, 0) is 18.6 Å². The average Bonchev–Trinajstić information content (AvgIpc) is 2.99. The number of nitrogens with one attached hydrogen (secondary N) is 3. The number of benzene rings is 1. The van der Waals surface area contributed by atoms with Gasteiger partial charge in [-0.15, -0.1) is 0 Å². The Hall–Kier alpha value is -2.56. The van der Waals surface area contributed by atoms with Crippen molar-refractivity contribution in [3.63, 3.8) is 0 Å². The monoisotopic (exact) mass is 271 g/mol. The Morgan fingerprint density at radius 3 is 2.50 bits per heavy atom. The first-order valence-electron chi connectivity index (χ1n) is 6.49. The largest absolute Gasteiger partial charge is 0.351 e. The van der Waals surface area contributed by atoms with E-state index in [1.165, 1.54) is 0 Å². The average molecular weight is 271 g/mol. The van der Waals surface area contributed by atoms with Crippen molar-refractivity contribution in [3.8, 4) is 0 Å². The van der Waals surface area contributed by atoms with Crippen molar-refractivity contribution >= 4 is 17.6 Å². The van der Waals surface area contributed by atoms with Gasteiger partial charge in [0.2, 0.25) is 5.91 Å². The number of para-hydroxylation sites is 1. The molecule has 0 aromatic heterocycles. The van der Waals surface area contributed by atoms with Crippen molar-refractivity contribution in [2.45, 2.75) is 6.42 Å². The van der Waals surface area contributed by atoms with Gasteiger partial charge in [0.25, 0.3) is 0 Å². The molecule has 20 heavy (non-hydrogen) atoms. The summed E-state index contributed by atoms with van der Waals surface area (Å²) in [5.41, 5.74) is 1.48. The molecule has 0 atom stereocenters. The minimum atomic E-state index is -0.285. The van der Waals surface area contributed by atoms with Crippen LogP contribution in [-0.4, -0.2) is 25.0 Å². The number of anilines is 1. The van der Waals surface area contributed by atoms with Gasteiger partial charge in [0.05, 0.1) is 0 Å². The Morgan fingerprint density at radius 2 is 1.80 bits per heavy atom. The number of carbonyl (C=O) groups excluding carboxylic acids is 2. The fourth-order valence-electron chi connectivity index (χ4n) is 1.78. The number of amides is 3. The molecular formula is C15H17N3O2. The molecule has 1 aromatic rings. The molecule has 0 fully saturated rings. The van der Waals surface area contributed by atoms with E-state index < -0.39 is 0 Å². The third-order valence-electron chi connectivity index (χ3n) is 2.79. The maximum atomic E-state index is 11.6. The van der Waals surface area contributed by atoms with Crippen LogP contribution in [0.5, 0.6) is 0 Å². The normalized spacial score (nSPS) is 12.7. The van der Waals surface area contributed by atoms with Crippen LogP contribution in [-0.2, 0) is 4.79 Å². The van der Waals surface area contributed by atoms with Gasteiger partial charge in [-0.2, -0.15) is 0 Å². The summed E-state index contributed by atoms with van der Waals surface area (Å²) in [7, 11) is 0. The zero-order valence-corrected chi connectivity index (χ0v) is 11.1. The minimum Gasteiger partial charge on any atom is -0.351 e. The zero-order valence-electron chi connectivity index (χ0n) is 11.1. The van der Waals surface area contributed by atoms with Gasteiger partial charge in [0.15, 0.2) is 0 Å². The Labute approximate surface area is 117 Å². The standard InChI is InChI=1S/C15H17N3O2/c19-14(12-6-4-5-7-12)16-10-11-17-15(20)18-13-8-2-1-3-9-13/h1-6,8-9H,7,10-11H2,(H,16,19)(H2,17,18,20). The lowest BCUT2D eigenvalue weighted by atomic mass is 10.2. The molecule has 0 bridgehead atoms. The molecule has 0 aliphatic heterocycles. The van der Waals surface area contributed by atoms with Crippen molar-refractivity contribution in [2.75, 3.05) is 18.4 Å². The van der Waals surface area contributed by atoms with E-state index in [-0.39, 0.29) is 11.9 Å². The summed E-state index contributed by atoms with van der Waals surface area (Å²) in [6, 6.07) is 8.90. The topological polar surface area (TPSA) is 70.2 Å². The Balaban J connectivity index is 1.61. The van der Waals surface area contributed by atoms with Gasteiger partial charge in [-0.1, -0.05) is 36.4 Å². The third-order valence-corrected chi connectivity index (χ3v) is 2.79. The molecule has 1 aromatic carbocycles. The van der Waals surface area contributed by atoms with E-state index in [4.69, 9.17) is 0 Å². The lowest BCUT2D eigenvalue weighted by molar-refractivity contribution is -0.117. The molecular weight excluding hydrogens is 254 g/mol. The molecule has 104 valence electrons. The van der Waals surface area contributed by atoms with E-state index in [1.807, 2.05) is 30.4 Å². The number of hydrogen-bond donors (Lipinski definition) is 3. The van der Waals surface area contributed by atoms with E-state index in [1.54, 1.807) is 18.2 Å². The fraction of sp³-hybridized carbons (Fsp3) is 0.200. The second-order valence-corrected chi connectivity index (χ2v) is 4.33. The summed E-state index contributed by atoms with van der Waals surface area (Å²) in [5, 5.41) is 8.13. The second kappa shape index (κ2) is 7.13. The highest BCUT2D eigenvalue weighted by atomic mass is 16.2. The number of hydrogen-bond acceptors (Lipinski definition) is 2. The van der Waals surface area contributed by atoms with E-state index in [0.29, 0.717) is 19.5 Å². The summed E-state index contributed by atoms with van der Waals surface area (Å²) in [6.45, 7) is 0.781. The van der Waals surface area contributed by atoms with Crippen molar-refractivity contribution in [1.29, 1.82) is 0 Å². The van der Waals surface area contributed by atoms with Crippen LogP contribution in [0.4, 0.5) is 10.5 Å². The van der Waals surface area contributed by atoms with Crippen molar-refractivity contribution in [1.82, 2.24) is 10.6 Å². The molecule has 0 heterocycles. The number of carbonyl (C=O) groups is 2. The Bertz CT molecular complexity index is 535. The molecule has 1 aliphatic rings. The van der Waals surface area contributed by atoms with Crippen LogP contribution in [0.2, 0.25) is 0 Å². The smallest absolute Gasteiger partial charge is 0.319 e. The maximum absolute atomic E-state index is 11.6. The summed E-state index contributed by atoms with van der Waals surface area (Å²) in [5.74, 6) is -0.0831. The number of rotatable bonds is 5. The van der Waals surface area contributed by atoms with E-state index in [2.05, 4.69) is 16.0 Å². The summed E-state index contributed by atoms with van der Waals surface area (Å²) < 4.78 is 0. The van der Waals surface area contributed by atoms with Crippen LogP contribution >= 0.6 is 0 Å². The molecule has 0 saturated heterocycles. The van der Waals surface area contributed by atoms with E-state index in [0.717, 1.165) is 11.3 Å². The van der Waals surface area contributed by atoms with Crippen LogP contribution in [0.15, 0.2) is 54.1 Å². The molecule has 0 saturated carbocycles. The molecule has 5 heteroatoms. The first-order chi connectivity index (χ1) is 9.75. The first kappa shape index (κ1) is 13.9. The minimum absolute atomic E-state index is 0.0831. The predicted molar refractivity (Wildman–Crippen MR) is 78.3 cm³/mol. The van der Waals surface area contributed by atoms with Crippen LogP contribution in [0.1, 0.15) is 6.42 Å². The van der Waals surface area contributed by atoms with Crippen LogP contribution < -0.4 is 16.0 Å². The highest BCUT2D eigenvalue weighted by molar-refractivity contribution is 5.94. The van der Waals surface area contributed by atoms with Crippen LogP contribution in [0.3, 0.4) is 0 Å². The highest BCUT2D eigenvalue weighted by Crippen LogP contribution is 2.09. The van der Waals surface area contributed by atoms with Crippen molar-refractivity contribution in [2.24, 2.45) is 0 Å². The molecule has 0 spiro atoms. The fourth-order valence-corrected chi connectivity index (χ4v) is 1.78. The van der Waals surface area contributed by atoms with Crippen LogP contribution in [0.25, 0.3) is 0 Å². The Morgan fingerprint density at radius 1 is 1.05 bits per heavy atom. The van der Waals surface area contributed by atoms with Gasteiger partial charge in [0, 0.05) is 24.4 Å². The SMILES string of the molecule is O=C(NCCNC(=O)C1=CC=CC1)Nc1ccccc1. The van der Waals surface area contributed by atoms with Crippen LogP contribution in [0, 0.1) is 0 Å². The predicted octanol–water partition coefficient (Wildman–Crippen LogP) is 1.81. The van der Waals surface area contributed by atoms with Gasteiger partial charge in [0.1, 0.15) is 0 Å². The highest BCUT2D eigenvalue weighted by Gasteiger charge is 2.09. The maximum Gasteiger partial charge on any atom is 0.319 e. The zero-order chi connectivity index (χ0) is 14.2. The number of allylic oxidation sites excluding steroid dienone is 3. The number of urea groups is 1. The Kier molecular flexibility index (Phi) is 4.94. The first-order valence-corrected chi connectivity index (χ1v) is 6.49. The summed E-state index contributed by atoms with van der Waals surface area (Å²) >= 11 is 0. The molecule has 5 nitrogen and oxygen atoms in total.